The van der Waals surface area contributed by atoms with E-state index in [0.29, 0.717) is 13.1 Å². The molecule has 2 heterocycles. The lowest BCUT2D eigenvalue weighted by molar-refractivity contribution is -0.123. The molecule has 6 nitrogen and oxygen atoms in total. The van der Waals surface area contributed by atoms with E-state index in [-0.39, 0.29) is 24.0 Å². The first-order valence-electron chi connectivity index (χ1n) is 6.77. The standard InChI is InChI=1S/C12H22N4O2/c1-2-13-12(18)16-7-5-9(8-16)15-11(17)10-4-3-6-14-10/h9-10,14H,2-8H2,1H3,(H,13,18)(H,15,17). The highest BCUT2D eigenvalue weighted by atomic mass is 16.2. The van der Waals surface area contributed by atoms with E-state index < -0.39 is 0 Å². The summed E-state index contributed by atoms with van der Waals surface area (Å²) in [5.74, 6) is 0.0789. The molecule has 2 saturated heterocycles. The van der Waals surface area contributed by atoms with E-state index in [2.05, 4.69) is 16.0 Å². The number of urea groups is 1. The van der Waals surface area contributed by atoms with Crippen molar-refractivity contribution in [2.45, 2.75) is 38.3 Å². The number of likely N-dealkylation sites (tertiary alicyclic amines) is 1. The first-order chi connectivity index (χ1) is 8.70. The Kier molecular flexibility index (Phi) is 4.41. The van der Waals surface area contributed by atoms with Crippen LogP contribution in [0.2, 0.25) is 0 Å². The van der Waals surface area contributed by atoms with Gasteiger partial charge < -0.3 is 20.9 Å². The van der Waals surface area contributed by atoms with Gasteiger partial charge in [0.1, 0.15) is 0 Å². The average Bonchev–Trinajstić information content (AvgIpc) is 2.99. The molecule has 0 aromatic rings. The van der Waals surface area contributed by atoms with E-state index >= 15 is 0 Å². The van der Waals surface area contributed by atoms with Gasteiger partial charge in [-0.1, -0.05) is 0 Å². The summed E-state index contributed by atoms with van der Waals surface area (Å²) < 4.78 is 0. The maximum atomic E-state index is 11.9. The Bertz CT molecular complexity index is 315. The fourth-order valence-electron chi connectivity index (χ4n) is 2.54. The predicted molar refractivity (Wildman–Crippen MR) is 68.2 cm³/mol. The van der Waals surface area contributed by atoms with Crippen molar-refractivity contribution in [3.05, 3.63) is 0 Å². The molecule has 18 heavy (non-hydrogen) atoms. The summed E-state index contributed by atoms with van der Waals surface area (Å²) in [7, 11) is 0. The third-order valence-electron chi connectivity index (χ3n) is 3.53. The second-order valence-electron chi connectivity index (χ2n) is 4.92. The number of nitrogens with one attached hydrogen (secondary N) is 3. The van der Waals surface area contributed by atoms with Crippen LogP contribution in [0.1, 0.15) is 26.2 Å². The number of amides is 3. The van der Waals surface area contributed by atoms with E-state index in [0.717, 1.165) is 32.4 Å². The van der Waals surface area contributed by atoms with Crippen LogP contribution in [-0.4, -0.2) is 55.1 Å². The molecule has 2 aliphatic rings. The molecule has 2 rings (SSSR count). The Balaban J connectivity index is 1.75. The van der Waals surface area contributed by atoms with Crippen molar-refractivity contribution in [2.24, 2.45) is 0 Å². The van der Waals surface area contributed by atoms with E-state index in [1.165, 1.54) is 0 Å². The van der Waals surface area contributed by atoms with E-state index in [9.17, 15) is 9.59 Å². The number of nitrogens with zero attached hydrogens (tertiary/aromatic N) is 1. The molecule has 0 aromatic heterocycles. The zero-order chi connectivity index (χ0) is 13.0. The first kappa shape index (κ1) is 13.1. The van der Waals surface area contributed by atoms with Crippen LogP contribution in [0.5, 0.6) is 0 Å². The molecule has 3 amide bonds. The summed E-state index contributed by atoms with van der Waals surface area (Å²) in [5, 5.41) is 8.98. The Labute approximate surface area is 107 Å². The lowest BCUT2D eigenvalue weighted by Crippen LogP contribution is -2.47. The molecule has 2 aliphatic heterocycles. The number of hydrogen-bond acceptors (Lipinski definition) is 3. The second-order valence-corrected chi connectivity index (χ2v) is 4.92. The normalized spacial score (nSPS) is 27.3. The summed E-state index contributed by atoms with van der Waals surface area (Å²) in [4.78, 5) is 25.3. The summed E-state index contributed by atoms with van der Waals surface area (Å²) in [6, 6.07) is 0.0271. The molecule has 2 atom stereocenters. The van der Waals surface area contributed by atoms with Crippen molar-refractivity contribution >= 4 is 11.9 Å². The van der Waals surface area contributed by atoms with Crippen LogP contribution < -0.4 is 16.0 Å². The average molecular weight is 254 g/mol. The lowest BCUT2D eigenvalue weighted by atomic mass is 10.2. The molecule has 2 fully saturated rings. The van der Waals surface area contributed by atoms with Crippen molar-refractivity contribution in [3.63, 3.8) is 0 Å². The highest BCUT2D eigenvalue weighted by molar-refractivity contribution is 5.82. The van der Waals surface area contributed by atoms with Gasteiger partial charge in [-0.05, 0) is 32.7 Å². The Hall–Kier alpha value is -1.30. The minimum absolute atomic E-state index is 0.0340. The number of rotatable bonds is 3. The van der Waals surface area contributed by atoms with Gasteiger partial charge in [-0.25, -0.2) is 4.79 Å². The third-order valence-corrected chi connectivity index (χ3v) is 3.53. The van der Waals surface area contributed by atoms with Crippen LogP contribution in [0, 0.1) is 0 Å². The second kappa shape index (κ2) is 6.04. The van der Waals surface area contributed by atoms with Gasteiger partial charge in [-0.15, -0.1) is 0 Å². The fourth-order valence-corrected chi connectivity index (χ4v) is 2.54. The maximum Gasteiger partial charge on any atom is 0.317 e. The highest BCUT2D eigenvalue weighted by Crippen LogP contribution is 2.11. The molecule has 0 aromatic carbocycles. The Morgan fingerprint density at radius 1 is 1.39 bits per heavy atom. The van der Waals surface area contributed by atoms with E-state index in [4.69, 9.17) is 0 Å². The maximum absolute atomic E-state index is 11.9. The summed E-state index contributed by atoms with van der Waals surface area (Å²) in [5.41, 5.74) is 0. The van der Waals surface area contributed by atoms with Gasteiger partial charge in [0.2, 0.25) is 5.91 Å². The van der Waals surface area contributed by atoms with Gasteiger partial charge >= 0.3 is 6.03 Å². The van der Waals surface area contributed by atoms with Crippen molar-refractivity contribution in [1.29, 1.82) is 0 Å². The minimum atomic E-state index is -0.0384. The molecule has 102 valence electrons. The topological polar surface area (TPSA) is 73.5 Å². The SMILES string of the molecule is CCNC(=O)N1CCC(NC(=O)C2CCCN2)C1. The molecular formula is C12H22N4O2. The summed E-state index contributed by atoms with van der Waals surface area (Å²) in [6.07, 6.45) is 2.82. The van der Waals surface area contributed by atoms with Gasteiger partial charge in [0.15, 0.2) is 0 Å². The van der Waals surface area contributed by atoms with Gasteiger partial charge in [-0.2, -0.15) is 0 Å². The number of carbonyl (C=O) groups is 2. The van der Waals surface area contributed by atoms with Crippen molar-refractivity contribution in [2.75, 3.05) is 26.2 Å². The molecule has 0 saturated carbocycles. The quantitative estimate of drug-likeness (QED) is 0.645. The first-order valence-corrected chi connectivity index (χ1v) is 6.77. The zero-order valence-electron chi connectivity index (χ0n) is 10.9. The molecular weight excluding hydrogens is 232 g/mol. The summed E-state index contributed by atoms with van der Waals surface area (Å²) >= 11 is 0. The van der Waals surface area contributed by atoms with Crippen LogP contribution >= 0.6 is 0 Å². The van der Waals surface area contributed by atoms with Crippen LogP contribution in [-0.2, 0) is 4.79 Å². The fraction of sp³-hybridized carbons (Fsp3) is 0.833. The number of hydrogen-bond donors (Lipinski definition) is 3. The van der Waals surface area contributed by atoms with Crippen LogP contribution in [0.4, 0.5) is 4.79 Å². The summed E-state index contributed by atoms with van der Waals surface area (Å²) in [6.45, 7) is 4.80. The molecule has 0 aliphatic carbocycles. The van der Waals surface area contributed by atoms with Gasteiger partial charge in [-0.3, -0.25) is 4.79 Å². The lowest BCUT2D eigenvalue weighted by Gasteiger charge is -2.18. The van der Waals surface area contributed by atoms with Crippen LogP contribution in [0.25, 0.3) is 0 Å². The van der Waals surface area contributed by atoms with Crippen molar-refractivity contribution < 1.29 is 9.59 Å². The minimum Gasteiger partial charge on any atom is -0.350 e. The van der Waals surface area contributed by atoms with Crippen molar-refractivity contribution in [1.82, 2.24) is 20.9 Å². The third kappa shape index (κ3) is 3.13. The smallest absolute Gasteiger partial charge is 0.317 e. The van der Waals surface area contributed by atoms with Crippen LogP contribution in [0.15, 0.2) is 0 Å². The van der Waals surface area contributed by atoms with Gasteiger partial charge in [0.25, 0.3) is 0 Å². The van der Waals surface area contributed by atoms with E-state index in [1.807, 2.05) is 6.92 Å². The zero-order valence-corrected chi connectivity index (χ0v) is 10.9. The predicted octanol–water partition coefficient (Wildman–Crippen LogP) is -0.342. The van der Waals surface area contributed by atoms with E-state index in [1.54, 1.807) is 4.90 Å². The molecule has 0 bridgehead atoms. The molecule has 3 N–H and O–H groups in total. The molecule has 2 unspecified atom stereocenters. The monoisotopic (exact) mass is 254 g/mol. The van der Waals surface area contributed by atoms with Gasteiger partial charge in [0.05, 0.1) is 6.04 Å². The van der Waals surface area contributed by atoms with Crippen molar-refractivity contribution in [3.8, 4) is 0 Å². The molecule has 0 radical (unpaired) electrons. The largest absolute Gasteiger partial charge is 0.350 e. The molecule has 0 spiro atoms. The highest BCUT2D eigenvalue weighted by Gasteiger charge is 2.29. The Morgan fingerprint density at radius 3 is 2.89 bits per heavy atom. The van der Waals surface area contributed by atoms with Crippen LogP contribution in [0.3, 0.4) is 0 Å². The number of carbonyl (C=O) groups excluding carboxylic acids is 2. The Morgan fingerprint density at radius 2 is 2.22 bits per heavy atom. The molecule has 6 heteroatoms. The van der Waals surface area contributed by atoms with Gasteiger partial charge in [0, 0.05) is 25.7 Å².